The number of methoxy groups -OCH3 is 2. The topological polar surface area (TPSA) is 129 Å². The average Bonchev–Trinajstić information content (AvgIpc) is 3.38. The molecule has 1 aliphatic carbocycles. The third kappa shape index (κ3) is 6.69. The molecule has 0 radical (unpaired) electrons. The van der Waals surface area contributed by atoms with Crippen LogP contribution >= 0.6 is 22.7 Å². The smallest absolute Gasteiger partial charge is 0.309 e. The minimum absolute atomic E-state index is 0.00291. The summed E-state index contributed by atoms with van der Waals surface area (Å²) in [6.07, 6.45) is 0.867. The Morgan fingerprint density at radius 2 is 1.44 bits per heavy atom. The van der Waals surface area contributed by atoms with Gasteiger partial charge in [-0.15, -0.1) is 22.7 Å². The van der Waals surface area contributed by atoms with Crippen molar-refractivity contribution in [1.82, 2.24) is 0 Å². The average molecular weight is 663 g/mol. The number of carbonyl (C=O) groups is 3. The van der Waals surface area contributed by atoms with Gasteiger partial charge in [0.25, 0.3) is 0 Å². The van der Waals surface area contributed by atoms with Crippen LogP contribution in [0.4, 0.5) is 8.78 Å². The van der Waals surface area contributed by atoms with Crippen LogP contribution in [0.3, 0.4) is 0 Å². The highest BCUT2D eigenvalue weighted by Gasteiger charge is 2.41. The van der Waals surface area contributed by atoms with Gasteiger partial charge < -0.3 is 29.2 Å². The van der Waals surface area contributed by atoms with Crippen molar-refractivity contribution in [3.05, 3.63) is 45.7 Å². The number of ketones is 1. The van der Waals surface area contributed by atoms with Gasteiger partial charge in [-0.1, -0.05) is 0 Å². The zero-order valence-electron chi connectivity index (χ0n) is 25.0. The second-order valence-electron chi connectivity index (χ2n) is 11.6. The first-order chi connectivity index (χ1) is 21.3. The van der Waals surface area contributed by atoms with Gasteiger partial charge in [-0.25, -0.2) is 8.78 Å². The Morgan fingerprint density at radius 3 is 1.98 bits per heavy atom. The molecule has 1 fully saturated rings. The minimum Gasteiger partial charge on any atom is -0.493 e. The molecule has 0 spiro atoms. The first-order valence-electron chi connectivity index (χ1n) is 14.2. The molecule has 2 unspecified atom stereocenters. The Morgan fingerprint density at radius 1 is 0.889 bits per heavy atom. The van der Waals surface area contributed by atoms with Crippen molar-refractivity contribution in [3.63, 3.8) is 0 Å². The standard InChI is InChI=1S/C32H32F2O9S2/c1-32(2,31(38)39)14-19(35)25-11-18-24(45-25)13-21(41-4)30(28(18)34)43-7-5-6-42-29-20(40-3)12-23-17(27(29)33)10-22(44-23)16-8-15(16)9-26(36)37/h10-13,15-16H,5-9,14H2,1-4H3,(H,36,37)(H,38,39). The predicted octanol–water partition coefficient (Wildman–Crippen LogP) is 7.52. The van der Waals surface area contributed by atoms with Crippen LogP contribution in [0.1, 0.15) is 60.0 Å². The molecule has 13 heteroatoms. The first kappa shape index (κ1) is 32.4. The van der Waals surface area contributed by atoms with Crippen molar-refractivity contribution in [2.75, 3.05) is 27.4 Å². The highest BCUT2D eigenvalue weighted by atomic mass is 32.1. The van der Waals surface area contributed by atoms with E-state index in [-0.39, 0.29) is 77.6 Å². The van der Waals surface area contributed by atoms with Gasteiger partial charge in [-0.05, 0) is 44.2 Å². The van der Waals surface area contributed by atoms with Gasteiger partial charge in [0, 0.05) is 56.4 Å². The summed E-state index contributed by atoms with van der Waals surface area (Å²) >= 11 is 2.46. The summed E-state index contributed by atoms with van der Waals surface area (Å²) in [5.41, 5.74) is -1.27. The molecule has 2 aromatic heterocycles. The zero-order chi connectivity index (χ0) is 32.6. The summed E-state index contributed by atoms with van der Waals surface area (Å²) in [4.78, 5) is 36.4. The van der Waals surface area contributed by atoms with Crippen molar-refractivity contribution in [2.24, 2.45) is 11.3 Å². The molecule has 0 aliphatic heterocycles. The molecule has 9 nitrogen and oxygen atoms in total. The van der Waals surface area contributed by atoms with E-state index in [1.807, 2.05) is 0 Å². The van der Waals surface area contributed by atoms with Crippen molar-refractivity contribution in [3.8, 4) is 23.0 Å². The fourth-order valence-corrected chi connectivity index (χ4v) is 7.45. The molecule has 2 heterocycles. The number of aliphatic carboxylic acids is 2. The highest BCUT2D eigenvalue weighted by Crippen LogP contribution is 2.53. The number of carboxylic acids is 2. The number of halogens is 2. The van der Waals surface area contributed by atoms with Crippen molar-refractivity contribution in [1.29, 1.82) is 0 Å². The minimum atomic E-state index is -1.27. The number of fused-ring (bicyclic) bond motifs is 2. The van der Waals surface area contributed by atoms with E-state index in [0.29, 0.717) is 14.8 Å². The van der Waals surface area contributed by atoms with Crippen LogP contribution in [-0.2, 0) is 9.59 Å². The number of carbonyl (C=O) groups excluding carboxylic acids is 1. The third-order valence-electron chi connectivity index (χ3n) is 7.79. The number of hydrogen-bond donors (Lipinski definition) is 2. The number of ether oxygens (including phenoxy) is 4. The molecular formula is C32H32F2O9S2. The number of benzene rings is 2. The van der Waals surface area contributed by atoms with Crippen LogP contribution < -0.4 is 18.9 Å². The van der Waals surface area contributed by atoms with E-state index in [9.17, 15) is 19.5 Å². The van der Waals surface area contributed by atoms with Gasteiger partial charge in [-0.3, -0.25) is 14.4 Å². The second-order valence-corrected chi connectivity index (χ2v) is 13.8. The molecule has 2 aromatic carbocycles. The summed E-state index contributed by atoms with van der Waals surface area (Å²) in [5, 5.41) is 18.9. The van der Waals surface area contributed by atoms with E-state index in [0.717, 1.165) is 22.6 Å². The molecule has 1 saturated carbocycles. The van der Waals surface area contributed by atoms with E-state index in [4.69, 9.17) is 24.1 Å². The lowest BCUT2D eigenvalue weighted by atomic mass is 9.87. The van der Waals surface area contributed by atoms with Crippen LogP contribution in [0.25, 0.3) is 20.2 Å². The molecular weight excluding hydrogens is 630 g/mol. The van der Waals surface area contributed by atoms with E-state index >= 15 is 8.78 Å². The van der Waals surface area contributed by atoms with E-state index in [2.05, 4.69) is 0 Å². The highest BCUT2D eigenvalue weighted by molar-refractivity contribution is 7.21. The van der Waals surface area contributed by atoms with Gasteiger partial charge in [-0.2, -0.15) is 0 Å². The van der Waals surface area contributed by atoms with E-state index in [1.165, 1.54) is 45.5 Å². The number of rotatable bonds is 15. The fourth-order valence-electron chi connectivity index (χ4n) is 5.13. The van der Waals surface area contributed by atoms with Crippen LogP contribution in [-0.4, -0.2) is 55.4 Å². The lowest BCUT2D eigenvalue weighted by molar-refractivity contribution is -0.146. The molecule has 0 bridgehead atoms. The quantitative estimate of drug-likeness (QED) is 0.0981. The summed E-state index contributed by atoms with van der Waals surface area (Å²) < 4.78 is 54.4. The lowest BCUT2D eigenvalue weighted by Crippen LogP contribution is -2.26. The summed E-state index contributed by atoms with van der Waals surface area (Å²) in [7, 11) is 2.78. The van der Waals surface area contributed by atoms with Gasteiger partial charge in [0.1, 0.15) is 0 Å². The Balaban J connectivity index is 1.25. The van der Waals surface area contributed by atoms with Crippen molar-refractivity contribution in [2.45, 2.75) is 45.4 Å². The SMILES string of the molecule is COc1cc2sc(C(=O)CC(C)(C)C(=O)O)cc2c(F)c1OCCCOc1c(OC)cc2sc(C3CC3CC(=O)O)cc2c1F. The summed E-state index contributed by atoms with van der Waals surface area (Å²) in [6.45, 7) is 2.94. The lowest BCUT2D eigenvalue weighted by Gasteiger charge is -2.16. The number of Topliss-reactive ketones (excluding diaryl/α,β-unsaturated/α-hetero) is 1. The number of carboxylic acid groups (broad SMARTS) is 2. The van der Waals surface area contributed by atoms with Gasteiger partial charge in [0.2, 0.25) is 0 Å². The Bertz CT molecular complexity index is 1790. The molecule has 45 heavy (non-hydrogen) atoms. The summed E-state index contributed by atoms with van der Waals surface area (Å²) in [5.74, 6) is -3.34. The maximum absolute atomic E-state index is 15.6. The van der Waals surface area contributed by atoms with Crippen LogP contribution in [0.5, 0.6) is 23.0 Å². The predicted molar refractivity (Wildman–Crippen MR) is 166 cm³/mol. The van der Waals surface area contributed by atoms with E-state index in [1.54, 1.807) is 18.2 Å². The Kier molecular flexibility index (Phi) is 9.22. The second kappa shape index (κ2) is 12.8. The molecule has 0 amide bonds. The fraction of sp³-hybridized carbons (Fsp3) is 0.406. The molecule has 240 valence electrons. The number of hydrogen-bond acceptors (Lipinski definition) is 9. The molecule has 0 saturated heterocycles. The largest absolute Gasteiger partial charge is 0.493 e. The summed E-state index contributed by atoms with van der Waals surface area (Å²) in [6, 6.07) is 6.40. The first-order valence-corrected chi connectivity index (χ1v) is 15.8. The molecule has 1 aliphatic rings. The van der Waals surface area contributed by atoms with Crippen molar-refractivity contribution < 1.29 is 52.3 Å². The molecule has 2 N–H and O–H groups in total. The van der Waals surface area contributed by atoms with Crippen LogP contribution in [0.2, 0.25) is 0 Å². The van der Waals surface area contributed by atoms with Gasteiger partial charge in [0.05, 0.1) is 37.7 Å². The maximum Gasteiger partial charge on any atom is 0.309 e. The Hall–Kier alpha value is -3.97. The normalized spacial score (nSPS) is 16.1. The van der Waals surface area contributed by atoms with E-state index < -0.39 is 34.8 Å². The third-order valence-corrected chi connectivity index (χ3v) is 10.1. The van der Waals surface area contributed by atoms with Gasteiger partial charge >= 0.3 is 11.9 Å². The van der Waals surface area contributed by atoms with Crippen LogP contribution in [0, 0.1) is 23.0 Å². The number of thiophene rings is 2. The molecule has 4 aromatic rings. The Labute approximate surface area is 265 Å². The zero-order valence-corrected chi connectivity index (χ0v) is 26.7. The molecule has 2 atom stereocenters. The molecule has 5 rings (SSSR count). The van der Waals surface area contributed by atoms with Gasteiger partial charge in [0.15, 0.2) is 40.4 Å². The maximum atomic E-state index is 15.6. The van der Waals surface area contributed by atoms with Crippen molar-refractivity contribution >= 4 is 60.6 Å². The van der Waals surface area contributed by atoms with Crippen LogP contribution in [0.15, 0.2) is 24.3 Å². The monoisotopic (exact) mass is 662 g/mol.